The Bertz CT molecular complexity index is 562. The van der Waals surface area contributed by atoms with E-state index >= 15 is 0 Å². The van der Waals surface area contributed by atoms with E-state index in [0.29, 0.717) is 17.9 Å². The zero-order valence-electron chi connectivity index (χ0n) is 10.3. The summed E-state index contributed by atoms with van der Waals surface area (Å²) in [6.45, 7) is 2.10. The first-order valence-electron chi connectivity index (χ1n) is 5.62. The van der Waals surface area contributed by atoms with Crippen molar-refractivity contribution in [2.75, 3.05) is 7.05 Å². The molecule has 0 aliphatic carbocycles. The van der Waals surface area contributed by atoms with Crippen LogP contribution in [0, 0.1) is 12.7 Å². The normalized spacial score (nSPS) is 10.4. The van der Waals surface area contributed by atoms with Crippen LogP contribution in [-0.2, 0) is 6.54 Å². The van der Waals surface area contributed by atoms with Gasteiger partial charge in [-0.05, 0) is 30.7 Å². The van der Waals surface area contributed by atoms with Crippen LogP contribution >= 0.6 is 0 Å². The number of rotatable bonds is 3. The predicted molar refractivity (Wildman–Crippen MR) is 65.6 cm³/mol. The second kappa shape index (κ2) is 5.04. The molecule has 2 rings (SSSR count). The Balaban J connectivity index is 2.11. The van der Waals surface area contributed by atoms with Crippen LogP contribution in [0.25, 0.3) is 0 Å². The topological polar surface area (TPSA) is 33.5 Å². The molecule has 0 bridgehead atoms. The number of furan rings is 1. The van der Waals surface area contributed by atoms with Gasteiger partial charge in [-0.25, -0.2) is 4.39 Å². The first-order chi connectivity index (χ1) is 8.58. The van der Waals surface area contributed by atoms with Gasteiger partial charge in [-0.15, -0.1) is 0 Å². The van der Waals surface area contributed by atoms with E-state index < -0.39 is 0 Å². The molecule has 2 aromatic rings. The number of hydrogen-bond acceptors (Lipinski definition) is 2. The fourth-order valence-electron chi connectivity index (χ4n) is 1.79. The maximum atomic E-state index is 13.0. The molecule has 3 nitrogen and oxygen atoms in total. The average Bonchev–Trinajstić information content (AvgIpc) is 2.74. The molecule has 1 heterocycles. The largest absolute Gasteiger partial charge is 0.469 e. The molecule has 18 heavy (non-hydrogen) atoms. The van der Waals surface area contributed by atoms with Gasteiger partial charge in [-0.1, -0.05) is 12.1 Å². The first kappa shape index (κ1) is 12.4. The van der Waals surface area contributed by atoms with E-state index in [9.17, 15) is 9.18 Å². The van der Waals surface area contributed by atoms with E-state index in [1.54, 1.807) is 32.2 Å². The molecular weight excluding hydrogens is 233 g/mol. The molecular formula is C14H14FNO2. The summed E-state index contributed by atoms with van der Waals surface area (Å²) >= 11 is 0. The highest BCUT2D eigenvalue weighted by atomic mass is 19.1. The van der Waals surface area contributed by atoms with Crippen LogP contribution in [0.1, 0.15) is 21.7 Å². The highest BCUT2D eigenvalue weighted by Crippen LogP contribution is 2.13. The van der Waals surface area contributed by atoms with E-state index in [1.807, 2.05) is 0 Å². The highest BCUT2D eigenvalue weighted by molar-refractivity contribution is 5.94. The molecule has 0 spiro atoms. The Morgan fingerprint density at radius 3 is 2.78 bits per heavy atom. The zero-order valence-corrected chi connectivity index (χ0v) is 10.3. The molecule has 1 amide bonds. The van der Waals surface area contributed by atoms with Crippen LogP contribution < -0.4 is 0 Å². The van der Waals surface area contributed by atoms with Crippen molar-refractivity contribution in [3.8, 4) is 0 Å². The second-order valence-electron chi connectivity index (χ2n) is 4.18. The Morgan fingerprint density at radius 1 is 1.39 bits per heavy atom. The van der Waals surface area contributed by atoms with Crippen LogP contribution in [-0.4, -0.2) is 17.9 Å². The monoisotopic (exact) mass is 247 g/mol. The molecule has 0 saturated heterocycles. The van der Waals surface area contributed by atoms with Crippen molar-refractivity contribution >= 4 is 5.91 Å². The maximum absolute atomic E-state index is 13.0. The summed E-state index contributed by atoms with van der Waals surface area (Å²) in [6.07, 6.45) is 1.48. The Labute approximate surface area is 105 Å². The number of aryl methyl sites for hydroxylation is 1. The zero-order chi connectivity index (χ0) is 13.1. The maximum Gasteiger partial charge on any atom is 0.257 e. The standard InChI is InChI=1S/C14H14FNO2/c1-10-13(6-7-18-10)14(17)16(2)9-11-4-3-5-12(15)8-11/h3-8H,9H2,1-2H3. The van der Waals surface area contributed by atoms with E-state index in [4.69, 9.17) is 4.42 Å². The van der Waals surface area contributed by atoms with E-state index in [0.717, 1.165) is 5.56 Å². The summed E-state index contributed by atoms with van der Waals surface area (Å²) in [5.74, 6) is 0.157. The van der Waals surface area contributed by atoms with Gasteiger partial charge >= 0.3 is 0 Å². The van der Waals surface area contributed by atoms with Gasteiger partial charge in [-0.3, -0.25) is 4.79 Å². The van der Waals surface area contributed by atoms with Gasteiger partial charge in [0.15, 0.2) is 0 Å². The van der Waals surface area contributed by atoms with Crippen LogP contribution in [0.3, 0.4) is 0 Å². The fourth-order valence-corrected chi connectivity index (χ4v) is 1.79. The molecule has 1 aromatic heterocycles. The number of halogens is 1. The lowest BCUT2D eigenvalue weighted by atomic mass is 10.2. The summed E-state index contributed by atoms with van der Waals surface area (Å²) in [7, 11) is 1.68. The first-order valence-corrected chi connectivity index (χ1v) is 5.62. The minimum absolute atomic E-state index is 0.134. The van der Waals surface area contributed by atoms with Gasteiger partial charge in [0.25, 0.3) is 5.91 Å². The lowest BCUT2D eigenvalue weighted by Crippen LogP contribution is -2.26. The summed E-state index contributed by atoms with van der Waals surface area (Å²) in [4.78, 5) is 13.6. The summed E-state index contributed by atoms with van der Waals surface area (Å²) in [5.41, 5.74) is 1.29. The summed E-state index contributed by atoms with van der Waals surface area (Å²) in [5, 5.41) is 0. The Morgan fingerprint density at radius 2 is 2.17 bits per heavy atom. The Kier molecular flexibility index (Phi) is 3.46. The van der Waals surface area contributed by atoms with Crippen molar-refractivity contribution in [2.24, 2.45) is 0 Å². The third-order valence-corrected chi connectivity index (χ3v) is 2.74. The smallest absolute Gasteiger partial charge is 0.257 e. The van der Waals surface area contributed by atoms with Crippen molar-refractivity contribution in [3.05, 3.63) is 59.3 Å². The minimum Gasteiger partial charge on any atom is -0.469 e. The molecule has 1 aromatic carbocycles. The van der Waals surface area contributed by atoms with Crippen LogP contribution in [0.15, 0.2) is 41.0 Å². The van der Waals surface area contributed by atoms with Gasteiger partial charge < -0.3 is 9.32 Å². The number of carbonyl (C=O) groups excluding carboxylic acids is 1. The predicted octanol–water partition coefficient (Wildman–Crippen LogP) is 3.00. The SMILES string of the molecule is Cc1occc1C(=O)N(C)Cc1cccc(F)c1. The molecule has 0 fully saturated rings. The fraction of sp³-hybridized carbons (Fsp3) is 0.214. The number of amides is 1. The van der Waals surface area contributed by atoms with Gasteiger partial charge in [0.05, 0.1) is 11.8 Å². The molecule has 94 valence electrons. The van der Waals surface area contributed by atoms with Crippen molar-refractivity contribution in [1.82, 2.24) is 4.90 Å². The van der Waals surface area contributed by atoms with Crippen molar-refractivity contribution < 1.29 is 13.6 Å². The quantitative estimate of drug-likeness (QED) is 0.835. The van der Waals surface area contributed by atoms with Crippen LogP contribution in [0.2, 0.25) is 0 Å². The molecule has 0 saturated carbocycles. The molecule has 4 heteroatoms. The molecule has 0 aliphatic heterocycles. The molecule has 0 N–H and O–H groups in total. The van der Waals surface area contributed by atoms with E-state index in [2.05, 4.69) is 0 Å². The Hall–Kier alpha value is -2.10. The third-order valence-electron chi connectivity index (χ3n) is 2.74. The highest BCUT2D eigenvalue weighted by Gasteiger charge is 2.16. The summed E-state index contributed by atoms with van der Waals surface area (Å²) in [6, 6.07) is 7.86. The third kappa shape index (κ3) is 2.59. The second-order valence-corrected chi connectivity index (χ2v) is 4.18. The molecule has 0 unspecified atom stereocenters. The summed E-state index contributed by atoms with van der Waals surface area (Å²) < 4.78 is 18.1. The van der Waals surface area contributed by atoms with E-state index in [-0.39, 0.29) is 11.7 Å². The van der Waals surface area contributed by atoms with Crippen molar-refractivity contribution in [3.63, 3.8) is 0 Å². The van der Waals surface area contributed by atoms with Crippen molar-refractivity contribution in [2.45, 2.75) is 13.5 Å². The van der Waals surface area contributed by atoms with Gasteiger partial charge in [0, 0.05) is 13.6 Å². The van der Waals surface area contributed by atoms with Gasteiger partial charge in [0.1, 0.15) is 11.6 Å². The number of nitrogens with zero attached hydrogens (tertiary/aromatic N) is 1. The van der Waals surface area contributed by atoms with Gasteiger partial charge in [-0.2, -0.15) is 0 Å². The average molecular weight is 247 g/mol. The number of hydrogen-bond donors (Lipinski definition) is 0. The van der Waals surface area contributed by atoms with Gasteiger partial charge in [0.2, 0.25) is 0 Å². The van der Waals surface area contributed by atoms with Crippen LogP contribution in [0.4, 0.5) is 4.39 Å². The number of carbonyl (C=O) groups is 1. The molecule has 0 atom stereocenters. The lowest BCUT2D eigenvalue weighted by Gasteiger charge is -2.16. The molecule has 0 radical (unpaired) electrons. The van der Waals surface area contributed by atoms with Crippen molar-refractivity contribution in [1.29, 1.82) is 0 Å². The number of benzene rings is 1. The van der Waals surface area contributed by atoms with E-state index in [1.165, 1.54) is 23.3 Å². The van der Waals surface area contributed by atoms with Crippen LogP contribution in [0.5, 0.6) is 0 Å². The lowest BCUT2D eigenvalue weighted by molar-refractivity contribution is 0.0783. The minimum atomic E-state index is -0.298. The molecule has 0 aliphatic rings.